The Hall–Kier alpha value is -1.56. The van der Waals surface area contributed by atoms with Gasteiger partial charge in [0, 0.05) is 7.05 Å². The first-order valence-corrected chi connectivity index (χ1v) is 5.42. The van der Waals surface area contributed by atoms with Crippen LogP contribution in [0.1, 0.15) is 30.7 Å². The summed E-state index contributed by atoms with van der Waals surface area (Å²) >= 11 is 0. The van der Waals surface area contributed by atoms with E-state index in [1.807, 2.05) is 0 Å². The molecule has 0 radical (unpaired) electrons. The van der Waals surface area contributed by atoms with Crippen molar-refractivity contribution in [1.82, 2.24) is 9.78 Å². The highest BCUT2D eigenvalue weighted by molar-refractivity contribution is 5.71. The van der Waals surface area contributed by atoms with Crippen LogP contribution in [0.5, 0.6) is 5.88 Å². The molecule has 17 heavy (non-hydrogen) atoms. The van der Waals surface area contributed by atoms with Crippen molar-refractivity contribution in [2.45, 2.75) is 26.4 Å². The molecule has 0 aliphatic heterocycles. The highest BCUT2D eigenvalue weighted by Gasteiger charge is 2.31. The molecule has 0 aliphatic carbocycles. The maximum Gasteiger partial charge on any atom is 0.309 e. The molecule has 0 bridgehead atoms. The van der Waals surface area contributed by atoms with Gasteiger partial charge in [-0.3, -0.25) is 4.79 Å². The molecule has 1 aromatic rings. The zero-order valence-corrected chi connectivity index (χ0v) is 10.5. The van der Waals surface area contributed by atoms with E-state index in [2.05, 4.69) is 5.10 Å². The number of hydrogen-bond acceptors (Lipinski definition) is 4. The van der Waals surface area contributed by atoms with Gasteiger partial charge in [-0.2, -0.15) is 5.10 Å². The highest BCUT2D eigenvalue weighted by atomic mass is 16.5. The molecule has 1 rings (SSSR count). The Labute approximate surface area is 99.8 Å². The van der Waals surface area contributed by atoms with Gasteiger partial charge in [-0.1, -0.05) is 6.92 Å². The maximum atomic E-state index is 11.0. The minimum absolute atomic E-state index is 0.341. The molecule has 1 heterocycles. The van der Waals surface area contributed by atoms with Crippen molar-refractivity contribution in [2.24, 2.45) is 13.0 Å². The second kappa shape index (κ2) is 5.18. The number of carbonyl (C=O) groups is 1. The SMILES string of the molecule is CCC(C(=O)O)C(O)c1c(C)nn(C)c1OC. The first-order chi connectivity index (χ1) is 7.93. The third-order valence-corrected chi connectivity index (χ3v) is 2.84. The van der Waals surface area contributed by atoms with Crippen LogP contribution in [0, 0.1) is 12.8 Å². The lowest BCUT2D eigenvalue weighted by Gasteiger charge is -2.18. The first-order valence-electron chi connectivity index (χ1n) is 5.42. The van der Waals surface area contributed by atoms with E-state index in [1.165, 1.54) is 11.8 Å². The van der Waals surface area contributed by atoms with E-state index in [1.54, 1.807) is 20.9 Å². The van der Waals surface area contributed by atoms with Crippen LogP contribution in [-0.4, -0.2) is 33.1 Å². The molecule has 0 saturated carbocycles. The van der Waals surface area contributed by atoms with E-state index in [0.29, 0.717) is 23.6 Å². The van der Waals surface area contributed by atoms with Gasteiger partial charge < -0.3 is 14.9 Å². The Morgan fingerprint density at radius 1 is 1.59 bits per heavy atom. The standard InChI is InChI=1S/C11H18N2O4/c1-5-7(11(15)16)9(14)8-6(2)12-13(3)10(8)17-4/h7,9,14H,5H2,1-4H3,(H,15,16). The summed E-state index contributed by atoms with van der Waals surface area (Å²) in [4.78, 5) is 11.0. The van der Waals surface area contributed by atoms with Crippen LogP contribution in [0.3, 0.4) is 0 Å². The fraction of sp³-hybridized carbons (Fsp3) is 0.636. The van der Waals surface area contributed by atoms with E-state index < -0.39 is 18.0 Å². The van der Waals surface area contributed by atoms with E-state index in [9.17, 15) is 9.90 Å². The molecule has 0 saturated heterocycles. The number of methoxy groups -OCH3 is 1. The van der Waals surface area contributed by atoms with Gasteiger partial charge in [-0.25, -0.2) is 4.68 Å². The summed E-state index contributed by atoms with van der Waals surface area (Å²) in [6.07, 6.45) is -0.769. The van der Waals surface area contributed by atoms with Gasteiger partial charge in [0.15, 0.2) is 0 Å². The van der Waals surface area contributed by atoms with Gasteiger partial charge in [0.25, 0.3) is 0 Å². The van der Waals surface area contributed by atoms with E-state index >= 15 is 0 Å². The Morgan fingerprint density at radius 3 is 2.59 bits per heavy atom. The molecule has 2 unspecified atom stereocenters. The van der Waals surface area contributed by atoms with Crippen molar-refractivity contribution in [3.05, 3.63) is 11.3 Å². The molecule has 0 fully saturated rings. The van der Waals surface area contributed by atoms with Gasteiger partial charge in [-0.15, -0.1) is 0 Å². The van der Waals surface area contributed by atoms with Crippen molar-refractivity contribution in [2.75, 3.05) is 7.11 Å². The third-order valence-electron chi connectivity index (χ3n) is 2.84. The zero-order chi connectivity index (χ0) is 13.2. The van der Waals surface area contributed by atoms with Crippen molar-refractivity contribution in [1.29, 1.82) is 0 Å². The molecule has 0 aromatic carbocycles. The third kappa shape index (κ3) is 2.41. The molecule has 0 amide bonds. The number of rotatable bonds is 5. The lowest BCUT2D eigenvalue weighted by molar-refractivity contribution is -0.146. The molecule has 6 nitrogen and oxygen atoms in total. The summed E-state index contributed by atoms with van der Waals surface area (Å²) < 4.78 is 6.63. The van der Waals surface area contributed by atoms with E-state index in [0.717, 1.165) is 0 Å². The van der Waals surface area contributed by atoms with Crippen LogP contribution in [0.4, 0.5) is 0 Å². The summed E-state index contributed by atoms with van der Waals surface area (Å²) in [5.74, 6) is -1.48. The molecule has 2 atom stereocenters. The van der Waals surface area contributed by atoms with Crippen LogP contribution < -0.4 is 4.74 Å². The number of aliphatic hydroxyl groups is 1. The Morgan fingerprint density at radius 2 is 2.18 bits per heavy atom. The van der Waals surface area contributed by atoms with Crippen LogP contribution in [0.15, 0.2) is 0 Å². The minimum Gasteiger partial charge on any atom is -0.481 e. The summed E-state index contributed by atoms with van der Waals surface area (Å²) in [5, 5.41) is 23.3. The largest absolute Gasteiger partial charge is 0.481 e. The number of aliphatic carboxylic acids is 1. The van der Waals surface area contributed by atoms with Crippen LogP contribution in [-0.2, 0) is 11.8 Å². The van der Waals surface area contributed by atoms with Crippen molar-refractivity contribution in [3.8, 4) is 5.88 Å². The van der Waals surface area contributed by atoms with Gasteiger partial charge in [0.2, 0.25) is 5.88 Å². The normalized spacial score (nSPS) is 14.4. The van der Waals surface area contributed by atoms with Gasteiger partial charge >= 0.3 is 5.97 Å². The Balaban J connectivity index is 3.18. The highest BCUT2D eigenvalue weighted by Crippen LogP contribution is 2.33. The Kier molecular flexibility index (Phi) is 4.11. The predicted octanol–water partition coefficient (Wildman–Crippen LogP) is 0.881. The number of aromatic nitrogens is 2. The fourth-order valence-corrected chi connectivity index (χ4v) is 1.97. The zero-order valence-electron chi connectivity index (χ0n) is 10.5. The molecule has 6 heteroatoms. The minimum atomic E-state index is -1.11. The number of nitrogens with zero attached hydrogens (tertiary/aromatic N) is 2. The topological polar surface area (TPSA) is 84.6 Å². The number of carboxylic acid groups (broad SMARTS) is 1. The number of aliphatic hydroxyl groups excluding tert-OH is 1. The first kappa shape index (κ1) is 13.5. The fourth-order valence-electron chi connectivity index (χ4n) is 1.97. The Bertz CT molecular complexity index is 414. The summed E-state index contributed by atoms with van der Waals surface area (Å²) in [7, 11) is 3.15. The van der Waals surface area contributed by atoms with Crippen molar-refractivity contribution >= 4 is 5.97 Å². The van der Waals surface area contributed by atoms with Crippen molar-refractivity contribution in [3.63, 3.8) is 0 Å². The van der Waals surface area contributed by atoms with Crippen molar-refractivity contribution < 1.29 is 19.7 Å². The van der Waals surface area contributed by atoms with Gasteiger partial charge in [0.1, 0.15) is 0 Å². The smallest absolute Gasteiger partial charge is 0.309 e. The molecule has 0 spiro atoms. The quantitative estimate of drug-likeness (QED) is 0.800. The van der Waals surface area contributed by atoms with E-state index in [4.69, 9.17) is 9.84 Å². The number of ether oxygens (including phenoxy) is 1. The average Bonchev–Trinajstić information content (AvgIpc) is 2.52. The van der Waals surface area contributed by atoms with Crippen LogP contribution >= 0.6 is 0 Å². The summed E-state index contributed by atoms with van der Waals surface area (Å²) in [6.45, 7) is 3.44. The second-order valence-corrected chi connectivity index (χ2v) is 3.93. The molecule has 96 valence electrons. The number of aryl methyl sites for hydroxylation is 2. The monoisotopic (exact) mass is 242 g/mol. The lowest BCUT2D eigenvalue weighted by atomic mass is 9.93. The molecular formula is C11H18N2O4. The lowest BCUT2D eigenvalue weighted by Crippen LogP contribution is -2.22. The van der Waals surface area contributed by atoms with Gasteiger partial charge in [-0.05, 0) is 13.3 Å². The van der Waals surface area contributed by atoms with E-state index in [-0.39, 0.29) is 0 Å². The maximum absolute atomic E-state index is 11.0. The molecule has 0 aliphatic rings. The van der Waals surface area contributed by atoms with Crippen LogP contribution in [0.2, 0.25) is 0 Å². The predicted molar refractivity (Wildman–Crippen MR) is 60.9 cm³/mol. The number of hydrogen-bond donors (Lipinski definition) is 2. The summed E-state index contributed by atoms with van der Waals surface area (Å²) in [5.41, 5.74) is 1.03. The molecule has 2 N–H and O–H groups in total. The summed E-state index contributed by atoms with van der Waals surface area (Å²) in [6, 6.07) is 0. The molecular weight excluding hydrogens is 224 g/mol. The van der Waals surface area contributed by atoms with Crippen LogP contribution in [0.25, 0.3) is 0 Å². The second-order valence-electron chi connectivity index (χ2n) is 3.93. The van der Waals surface area contributed by atoms with Gasteiger partial charge in [0.05, 0.1) is 30.4 Å². The number of carboxylic acids is 1. The average molecular weight is 242 g/mol. The molecule has 1 aromatic heterocycles.